The van der Waals surface area contributed by atoms with Crippen molar-refractivity contribution in [3.05, 3.63) is 212 Å². The average Bonchev–Trinajstić information content (AvgIpc) is 3.75. The third-order valence-corrected chi connectivity index (χ3v) is 19.3. The number of benzene rings is 8. The number of fused-ring (bicyclic) bond motifs is 1. The first-order chi connectivity index (χ1) is 32.2. The minimum atomic E-state index is -1.31. The molecule has 11 rings (SSSR count). The van der Waals surface area contributed by atoms with Crippen LogP contribution in [0.1, 0.15) is 66.8 Å². The highest BCUT2D eigenvalue weighted by molar-refractivity contribution is 8.09. The number of nitrogens with zero attached hydrogens (tertiary/aromatic N) is 4. The van der Waals surface area contributed by atoms with Gasteiger partial charge in [-0.25, -0.2) is 4.99 Å². The Kier molecular flexibility index (Phi) is 11.6. The summed E-state index contributed by atoms with van der Waals surface area (Å²) in [5.74, 6) is 0. The van der Waals surface area contributed by atoms with E-state index in [2.05, 4.69) is 242 Å². The van der Waals surface area contributed by atoms with E-state index in [1.807, 2.05) is 0 Å². The SMILES string of the molecule is Cc1cc(C)c(-c2cccc(-c3c(C)cc(C)cc3C)c2N2P3C(=Nc4ccccc4)N(c4ccccc4)P2N3c2c(-c3c(C)cc(C)cc3C)cccc2-c2c(C)cc(C)cc2C)c(C)c1. The van der Waals surface area contributed by atoms with Crippen LogP contribution in [0.4, 0.5) is 22.7 Å². The molecular weight excluding hydrogens is 851 g/mol. The van der Waals surface area contributed by atoms with Crippen LogP contribution >= 0.6 is 16.6 Å². The Hall–Kier alpha value is -6.31. The van der Waals surface area contributed by atoms with Gasteiger partial charge in [0.1, 0.15) is 0 Å². The highest BCUT2D eigenvalue weighted by Crippen LogP contribution is 2.89. The second kappa shape index (κ2) is 17.4. The zero-order valence-electron chi connectivity index (χ0n) is 41.0. The smallest absolute Gasteiger partial charge is 0.225 e. The summed E-state index contributed by atoms with van der Waals surface area (Å²) in [5.41, 5.74) is 31.5. The molecule has 0 amide bonds. The van der Waals surface area contributed by atoms with Crippen LogP contribution in [-0.2, 0) is 0 Å². The Labute approximate surface area is 401 Å². The van der Waals surface area contributed by atoms with Crippen molar-refractivity contribution < 1.29 is 0 Å². The molecule has 0 N–H and O–H groups in total. The molecule has 0 aromatic heterocycles. The molecule has 3 heterocycles. The second-order valence-corrected chi connectivity index (χ2v) is 23.2. The van der Waals surface area contributed by atoms with E-state index in [4.69, 9.17) is 4.99 Å². The van der Waals surface area contributed by atoms with E-state index in [1.165, 1.54) is 123 Å². The van der Waals surface area contributed by atoms with Gasteiger partial charge < -0.3 is 0 Å². The van der Waals surface area contributed by atoms with Gasteiger partial charge in [0.25, 0.3) is 0 Å². The number of hydrogen-bond donors (Lipinski definition) is 0. The molecule has 6 heteroatoms. The third kappa shape index (κ3) is 7.60. The largest absolute Gasteiger partial charge is 0.269 e. The van der Waals surface area contributed by atoms with Gasteiger partial charge in [-0.1, -0.05) is 144 Å². The lowest BCUT2D eigenvalue weighted by atomic mass is 9.87. The molecule has 0 atom stereocenters. The molecule has 0 aliphatic carbocycles. The van der Waals surface area contributed by atoms with Crippen LogP contribution in [0.3, 0.4) is 0 Å². The van der Waals surface area contributed by atoms with E-state index in [9.17, 15) is 0 Å². The lowest BCUT2D eigenvalue weighted by Gasteiger charge is -2.52. The fourth-order valence-corrected chi connectivity index (χ4v) is 18.1. The lowest BCUT2D eigenvalue weighted by Crippen LogP contribution is -2.35. The number of para-hydroxylation sites is 4. The minimum Gasteiger partial charge on any atom is -0.269 e. The maximum Gasteiger partial charge on any atom is 0.225 e. The number of rotatable bonds is 8. The Morgan fingerprint density at radius 1 is 0.343 bits per heavy atom. The molecule has 3 fully saturated rings. The van der Waals surface area contributed by atoms with Crippen LogP contribution in [0.5, 0.6) is 0 Å². The fourth-order valence-electron chi connectivity index (χ4n) is 11.4. The number of aliphatic imine (C=N–C) groups is 1. The summed E-state index contributed by atoms with van der Waals surface area (Å²) in [7, 11) is -2.61. The van der Waals surface area contributed by atoms with Crippen LogP contribution < -0.4 is 13.6 Å². The van der Waals surface area contributed by atoms with Gasteiger partial charge in [0, 0.05) is 27.9 Å². The summed E-state index contributed by atoms with van der Waals surface area (Å²) < 4.78 is 8.29. The highest BCUT2D eigenvalue weighted by Gasteiger charge is 2.66. The van der Waals surface area contributed by atoms with Crippen molar-refractivity contribution in [2.24, 2.45) is 4.99 Å². The van der Waals surface area contributed by atoms with Crippen LogP contribution in [0.15, 0.2) is 151 Å². The van der Waals surface area contributed by atoms with Gasteiger partial charge in [-0.2, -0.15) is 0 Å². The molecule has 8 aromatic rings. The zero-order chi connectivity index (χ0) is 47.0. The first-order valence-corrected chi connectivity index (χ1v) is 25.9. The first kappa shape index (κ1) is 44.5. The molecule has 334 valence electrons. The maximum atomic E-state index is 5.79. The standard InChI is InChI=1S/C61H60N4P2/c1-37-29-41(5)55(42(6)30-37)51-25-19-26-52(56-43(7)31-38(2)32-44(56)8)59(51)64-66-61(62-49-21-15-13-16-22-49)63(50-23-17-14-18-24-50)67(64)65(66)60-53(57-45(9)33-39(3)34-46(57)10)27-20-28-54(60)58-47(11)35-40(4)36-48(58)12/h13-36H,1-12H3. The van der Waals surface area contributed by atoms with Crippen molar-refractivity contribution in [1.82, 2.24) is 0 Å². The van der Waals surface area contributed by atoms with Crippen LogP contribution in [0.25, 0.3) is 44.5 Å². The average molecular weight is 911 g/mol. The molecule has 0 saturated carbocycles. The highest BCUT2D eigenvalue weighted by atomic mass is 31.3. The molecule has 3 aliphatic rings. The molecule has 2 bridgehead atoms. The van der Waals surface area contributed by atoms with E-state index >= 15 is 0 Å². The van der Waals surface area contributed by atoms with Crippen molar-refractivity contribution in [2.45, 2.75) is 83.1 Å². The number of amidine groups is 1. The van der Waals surface area contributed by atoms with E-state index in [0.717, 1.165) is 17.0 Å². The third-order valence-electron chi connectivity index (χ3n) is 13.5. The fraction of sp³-hybridized carbons (Fsp3) is 0.197. The second-order valence-electron chi connectivity index (χ2n) is 19.0. The monoisotopic (exact) mass is 910 g/mol. The molecule has 0 spiro atoms. The summed E-state index contributed by atoms with van der Waals surface area (Å²) in [6.07, 6.45) is 0. The summed E-state index contributed by atoms with van der Waals surface area (Å²) in [6, 6.07) is 54.6. The summed E-state index contributed by atoms with van der Waals surface area (Å²) in [5, 5.41) is 0. The zero-order valence-corrected chi connectivity index (χ0v) is 42.8. The summed E-state index contributed by atoms with van der Waals surface area (Å²) >= 11 is 0. The van der Waals surface area contributed by atoms with Gasteiger partial charge in [0.15, 0.2) is 13.8 Å². The Balaban J connectivity index is 1.35. The topological polar surface area (TPSA) is 22.1 Å². The summed E-state index contributed by atoms with van der Waals surface area (Å²) in [6.45, 7) is 27.2. The van der Waals surface area contributed by atoms with Gasteiger partial charge in [-0.3, -0.25) is 13.6 Å². The number of hydrogen-bond acceptors (Lipinski definition) is 3. The molecule has 4 nitrogen and oxygen atoms in total. The van der Waals surface area contributed by atoms with Gasteiger partial charge in [0.2, 0.25) is 8.37 Å². The Morgan fingerprint density at radius 2 is 0.642 bits per heavy atom. The van der Waals surface area contributed by atoms with Crippen LogP contribution in [0, 0.1) is 83.1 Å². The molecule has 67 heavy (non-hydrogen) atoms. The predicted octanol–water partition coefficient (Wildman–Crippen LogP) is 18.1. The van der Waals surface area contributed by atoms with Gasteiger partial charge >= 0.3 is 0 Å². The lowest BCUT2D eigenvalue weighted by molar-refractivity contribution is 1.29. The van der Waals surface area contributed by atoms with E-state index < -0.39 is 16.6 Å². The van der Waals surface area contributed by atoms with Crippen molar-refractivity contribution in [2.75, 3.05) is 13.6 Å². The normalized spacial score (nSPS) is 16.0. The van der Waals surface area contributed by atoms with Crippen molar-refractivity contribution >= 4 is 44.9 Å². The Bertz CT molecular complexity index is 2880. The molecule has 0 radical (unpaired) electrons. The first-order valence-electron chi connectivity index (χ1n) is 23.5. The maximum absolute atomic E-state index is 5.79. The molecular formula is C61H60N4P2. The quantitative estimate of drug-likeness (QED) is 0.142. The van der Waals surface area contributed by atoms with Crippen LogP contribution in [-0.4, -0.2) is 5.58 Å². The van der Waals surface area contributed by atoms with Crippen LogP contribution in [0.2, 0.25) is 0 Å². The van der Waals surface area contributed by atoms with Crippen molar-refractivity contribution in [3.63, 3.8) is 0 Å². The summed E-state index contributed by atoms with van der Waals surface area (Å²) in [4.78, 5) is 5.79. The number of aryl methyl sites for hydroxylation is 12. The van der Waals surface area contributed by atoms with Crippen molar-refractivity contribution in [1.29, 1.82) is 0 Å². The molecule has 3 aliphatic heterocycles. The van der Waals surface area contributed by atoms with Gasteiger partial charge in [-0.15, -0.1) is 0 Å². The molecule has 0 unspecified atom stereocenters. The van der Waals surface area contributed by atoms with Gasteiger partial charge in [-0.05, 0) is 174 Å². The Morgan fingerprint density at radius 3 is 0.955 bits per heavy atom. The minimum absolute atomic E-state index is 0.956. The van der Waals surface area contributed by atoms with Gasteiger partial charge in [0.05, 0.1) is 17.1 Å². The van der Waals surface area contributed by atoms with E-state index in [1.54, 1.807) is 0 Å². The van der Waals surface area contributed by atoms with E-state index in [0.29, 0.717) is 0 Å². The predicted molar refractivity (Wildman–Crippen MR) is 293 cm³/mol. The molecule has 8 aromatic carbocycles. The molecule has 3 saturated heterocycles. The van der Waals surface area contributed by atoms with Crippen molar-refractivity contribution in [3.8, 4) is 44.5 Å². The number of anilines is 3. The van der Waals surface area contributed by atoms with E-state index in [-0.39, 0.29) is 0 Å².